The highest BCUT2D eigenvalue weighted by Crippen LogP contribution is 2.32. The number of rotatable bonds is 1. The summed E-state index contributed by atoms with van der Waals surface area (Å²) in [5.74, 6) is 1.46. The Morgan fingerprint density at radius 3 is 3.05 bits per heavy atom. The first kappa shape index (κ1) is 11.8. The first-order chi connectivity index (χ1) is 9.83. The van der Waals surface area contributed by atoms with E-state index in [1.807, 2.05) is 4.68 Å². The molecule has 2 unspecified atom stereocenters. The molecule has 3 heterocycles. The van der Waals surface area contributed by atoms with Crippen LogP contribution in [0.1, 0.15) is 12.5 Å². The van der Waals surface area contributed by atoms with Gasteiger partial charge in [0.25, 0.3) is 0 Å². The van der Waals surface area contributed by atoms with E-state index in [0.717, 1.165) is 32.0 Å². The van der Waals surface area contributed by atoms with Crippen molar-refractivity contribution >= 4 is 5.95 Å². The molecule has 1 saturated heterocycles. The van der Waals surface area contributed by atoms with Gasteiger partial charge in [0.15, 0.2) is 5.82 Å². The molecule has 1 aromatic heterocycles. The molecule has 2 aliphatic rings. The van der Waals surface area contributed by atoms with Crippen molar-refractivity contribution < 1.29 is 4.39 Å². The van der Waals surface area contributed by atoms with Crippen LogP contribution in [0, 0.1) is 11.7 Å². The molecule has 4 rings (SSSR count). The van der Waals surface area contributed by atoms with E-state index >= 15 is 0 Å². The third kappa shape index (κ3) is 1.79. The monoisotopic (exact) mass is 273 g/mol. The zero-order chi connectivity index (χ0) is 13.5. The average Bonchev–Trinajstić information content (AvgIpc) is 2.92. The number of piperidine rings is 1. The zero-order valence-corrected chi connectivity index (χ0v) is 11.0. The summed E-state index contributed by atoms with van der Waals surface area (Å²) >= 11 is 0. The molecule has 2 N–H and O–H groups in total. The van der Waals surface area contributed by atoms with Crippen LogP contribution in [0.5, 0.6) is 0 Å². The maximum Gasteiger partial charge on any atom is 0.221 e. The van der Waals surface area contributed by atoms with E-state index in [2.05, 4.69) is 20.7 Å². The fraction of sp³-hybridized carbons (Fsp3) is 0.429. The van der Waals surface area contributed by atoms with Gasteiger partial charge in [-0.05, 0) is 25.1 Å². The second-order valence-corrected chi connectivity index (χ2v) is 5.38. The summed E-state index contributed by atoms with van der Waals surface area (Å²) < 4.78 is 15.8. The fourth-order valence-corrected chi connectivity index (χ4v) is 3.09. The van der Waals surface area contributed by atoms with Crippen LogP contribution in [0.25, 0.3) is 11.4 Å². The van der Waals surface area contributed by atoms with Crippen LogP contribution in [-0.4, -0.2) is 34.4 Å². The normalized spacial score (nSPS) is 24.6. The van der Waals surface area contributed by atoms with Gasteiger partial charge in [0, 0.05) is 19.0 Å². The first-order valence-electron chi connectivity index (χ1n) is 6.99. The van der Waals surface area contributed by atoms with E-state index in [1.54, 1.807) is 18.2 Å². The highest BCUT2D eigenvalue weighted by molar-refractivity contribution is 5.57. The largest absolute Gasteiger partial charge is 0.354 e. The van der Waals surface area contributed by atoms with E-state index < -0.39 is 0 Å². The Morgan fingerprint density at radius 1 is 1.25 bits per heavy atom. The summed E-state index contributed by atoms with van der Waals surface area (Å²) in [7, 11) is 0. The number of halogens is 1. The Hall–Kier alpha value is -1.95. The second kappa shape index (κ2) is 4.56. The van der Waals surface area contributed by atoms with Crippen LogP contribution in [0.4, 0.5) is 10.3 Å². The van der Waals surface area contributed by atoms with Gasteiger partial charge in [-0.15, -0.1) is 5.10 Å². The predicted molar refractivity (Wildman–Crippen MR) is 73.9 cm³/mol. The van der Waals surface area contributed by atoms with Gasteiger partial charge in [0.05, 0.1) is 11.6 Å². The molecule has 0 aliphatic carbocycles. The maximum absolute atomic E-state index is 13.9. The topological polar surface area (TPSA) is 54.8 Å². The average molecular weight is 273 g/mol. The molecule has 1 fully saturated rings. The van der Waals surface area contributed by atoms with Crippen molar-refractivity contribution in [2.24, 2.45) is 5.92 Å². The molecule has 20 heavy (non-hydrogen) atoms. The third-order valence-corrected chi connectivity index (χ3v) is 4.15. The Labute approximate surface area is 116 Å². The summed E-state index contributed by atoms with van der Waals surface area (Å²) in [6.07, 6.45) is 1.04. The molecule has 2 aliphatic heterocycles. The predicted octanol–water partition coefficient (Wildman–Crippen LogP) is 1.66. The Morgan fingerprint density at radius 2 is 2.15 bits per heavy atom. The van der Waals surface area contributed by atoms with E-state index in [-0.39, 0.29) is 5.82 Å². The van der Waals surface area contributed by atoms with E-state index in [9.17, 15) is 4.39 Å². The minimum atomic E-state index is -0.280. The van der Waals surface area contributed by atoms with Gasteiger partial charge >= 0.3 is 0 Å². The van der Waals surface area contributed by atoms with Crippen molar-refractivity contribution in [2.45, 2.75) is 12.5 Å². The minimum Gasteiger partial charge on any atom is -0.354 e. The number of aromatic nitrogens is 3. The maximum atomic E-state index is 13.9. The van der Waals surface area contributed by atoms with Crippen LogP contribution in [-0.2, 0) is 0 Å². The van der Waals surface area contributed by atoms with Crippen LogP contribution in [0.2, 0.25) is 0 Å². The Balaban J connectivity index is 1.76. The van der Waals surface area contributed by atoms with Gasteiger partial charge in [-0.3, -0.25) is 0 Å². The van der Waals surface area contributed by atoms with E-state index in [1.165, 1.54) is 6.07 Å². The molecule has 0 saturated carbocycles. The highest BCUT2D eigenvalue weighted by atomic mass is 19.1. The lowest BCUT2D eigenvalue weighted by atomic mass is 9.92. The van der Waals surface area contributed by atoms with Crippen molar-refractivity contribution in [3.8, 4) is 11.4 Å². The molecule has 5 nitrogen and oxygen atoms in total. The summed E-state index contributed by atoms with van der Waals surface area (Å²) in [4.78, 5) is 4.45. The Bertz CT molecular complexity index is 638. The number of hydrogen-bond acceptors (Lipinski definition) is 4. The molecule has 6 heteroatoms. The molecule has 0 radical (unpaired) electrons. The smallest absolute Gasteiger partial charge is 0.221 e. The van der Waals surface area contributed by atoms with E-state index in [0.29, 0.717) is 23.3 Å². The number of hydrogen-bond donors (Lipinski definition) is 2. The van der Waals surface area contributed by atoms with Gasteiger partial charge in [0.2, 0.25) is 5.95 Å². The zero-order valence-electron chi connectivity index (χ0n) is 11.0. The van der Waals surface area contributed by atoms with Crippen LogP contribution in [0.3, 0.4) is 0 Å². The van der Waals surface area contributed by atoms with Crippen LogP contribution in [0.15, 0.2) is 24.3 Å². The lowest BCUT2D eigenvalue weighted by Gasteiger charge is -2.36. The van der Waals surface area contributed by atoms with Crippen molar-refractivity contribution in [3.05, 3.63) is 30.1 Å². The number of benzene rings is 1. The quantitative estimate of drug-likeness (QED) is 0.829. The summed E-state index contributed by atoms with van der Waals surface area (Å²) in [6.45, 7) is 2.88. The summed E-state index contributed by atoms with van der Waals surface area (Å²) in [5.41, 5.74) is 0.460. The lowest BCUT2D eigenvalue weighted by Crippen LogP contribution is -2.44. The van der Waals surface area contributed by atoms with Crippen molar-refractivity contribution in [3.63, 3.8) is 0 Å². The molecule has 104 valence electrons. The third-order valence-electron chi connectivity index (χ3n) is 4.15. The first-order valence-corrected chi connectivity index (χ1v) is 6.99. The fourth-order valence-electron chi connectivity index (χ4n) is 3.09. The van der Waals surface area contributed by atoms with Crippen LogP contribution >= 0.6 is 0 Å². The minimum absolute atomic E-state index is 0.280. The van der Waals surface area contributed by atoms with Crippen molar-refractivity contribution in [2.75, 3.05) is 25.0 Å². The molecular formula is C14H16FN5. The molecule has 0 spiro atoms. The molecule has 0 bridgehead atoms. The summed E-state index contributed by atoms with van der Waals surface area (Å²) in [6, 6.07) is 7.00. The SMILES string of the molecule is Fc1ccccc1-c1nc2n(n1)C1CCNCC1CN2. The van der Waals surface area contributed by atoms with Gasteiger partial charge < -0.3 is 10.6 Å². The molecule has 0 amide bonds. The number of nitrogens with zero attached hydrogens (tertiary/aromatic N) is 3. The molecule has 2 atom stereocenters. The van der Waals surface area contributed by atoms with Crippen molar-refractivity contribution in [1.29, 1.82) is 0 Å². The van der Waals surface area contributed by atoms with Gasteiger partial charge in [-0.25, -0.2) is 9.07 Å². The number of nitrogens with one attached hydrogen (secondary N) is 2. The highest BCUT2D eigenvalue weighted by Gasteiger charge is 2.33. The van der Waals surface area contributed by atoms with Gasteiger partial charge in [-0.2, -0.15) is 4.98 Å². The molecular weight excluding hydrogens is 257 g/mol. The van der Waals surface area contributed by atoms with E-state index in [4.69, 9.17) is 0 Å². The van der Waals surface area contributed by atoms with Crippen molar-refractivity contribution in [1.82, 2.24) is 20.1 Å². The molecule has 2 aromatic rings. The Kier molecular flexibility index (Phi) is 2.70. The number of fused-ring (bicyclic) bond motifs is 3. The standard InChI is InChI=1S/C14H16FN5/c15-11-4-2-1-3-10(11)13-18-14-17-8-9-7-16-6-5-12(9)20(14)19-13/h1-4,9,12,16H,5-8H2,(H,17,18,19). The lowest BCUT2D eigenvalue weighted by molar-refractivity contribution is 0.237. The van der Waals surface area contributed by atoms with Gasteiger partial charge in [0.1, 0.15) is 5.82 Å². The second-order valence-electron chi connectivity index (χ2n) is 5.38. The van der Waals surface area contributed by atoms with Gasteiger partial charge in [-0.1, -0.05) is 12.1 Å². The number of anilines is 1. The summed E-state index contributed by atoms with van der Waals surface area (Å²) in [5, 5.41) is 11.2. The molecule has 1 aromatic carbocycles. The van der Waals surface area contributed by atoms with Crippen LogP contribution < -0.4 is 10.6 Å².